The van der Waals surface area contributed by atoms with Crippen molar-refractivity contribution < 1.29 is 49.0 Å². The maximum Gasteiger partial charge on any atom is 0.343 e. The van der Waals surface area contributed by atoms with Gasteiger partial charge in [-0.05, 0) is 58.0 Å². The van der Waals surface area contributed by atoms with Crippen LogP contribution in [-0.2, 0) is 35.7 Å². The lowest BCUT2D eigenvalue weighted by Gasteiger charge is -2.61. The van der Waals surface area contributed by atoms with Crippen LogP contribution in [0.4, 0.5) is 0 Å². The number of hydrogen-bond donors (Lipinski definition) is 4. The summed E-state index contributed by atoms with van der Waals surface area (Å²) in [5, 5.41) is 43.0. The van der Waals surface area contributed by atoms with Crippen molar-refractivity contribution in [3.8, 4) is 11.5 Å². The third kappa shape index (κ3) is 3.23. The van der Waals surface area contributed by atoms with Gasteiger partial charge < -0.3 is 39.5 Å². The van der Waals surface area contributed by atoms with Crippen molar-refractivity contribution in [1.29, 1.82) is 0 Å². The molecule has 0 aromatic heterocycles. The van der Waals surface area contributed by atoms with Crippen molar-refractivity contribution in [2.45, 2.75) is 74.6 Å². The maximum atomic E-state index is 12.7. The quantitative estimate of drug-likeness (QED) is 0.369. The zero-order chi connectivity index (χ0) is 26.2. The number of hydrogen-bond acceptors (Lipinski definition) is 11. The van der Waals surface area contributed by atoms with Gasteiger partial charge in [-0.1, -0.05) is 6.07 Å². The Morgan fingerprint density at radius 3 is 2.58 bits per heavy atom. The van der Waals surface area contributed by atoms with Gasteiger partial charge in [-0.3, -0.25) is 4.79 Å². The van der Waals surface area contributed by atoms with Crippen molar-refractivity contribution in [2.75, 3.05) is 13.6 Å². The Labute approximate surface area is 206 Å². The van der Waals surface area contributed by atoms with E-state index >= 15 is 0 Å². The number of esters is 2. The number of aromatic hydroxyl groups is 1. The molecule has 194 valence electrons. The van der Waals surface area contributed by atoms with Gasteiger partial charge >= 0.3 is 11.9 Å². The van der Waals surface area contributed by atoms with Crippen molar-refractivity contribution in [3.05, 3.63) is 35.1 Å². The number of rotatable bonds is 6. The fraction of sp³-hybridized carbons (Fsp3) is 0.560. The molecule has 1 fully saturated rings. The summed E-state index contributed by atoms with van der Waals surface area (Å²) in [7, 11) is 1.94. The standard InChI is InChI=1S/C25H29NO10/c1-11(27)12(2)34-22(31)18(29)19(30)23(32)35-15-6-7-25(33)16-10-13-4-5-14(28)20-17(13)24(25,21(15)36-20)8-9-26(16)3/h4-6,12,16,18-19,21,28-30,33H,7-10H2,1-3H3/t12-,16+,18+,19+,21-,24-,25+/m0/s1. The number of likely N-dealkylation sites (tertiary alicyclic amines) is 1. The molecular weight excluding hydrogens is 474 g/mol. The van der Waals surface area contributed by atoms with Crippen molar-refractivity contribution in [1.82, 2.24) is 4.90 Å². The first-order valence-electron chi connectivity index (χ1n) is 11.9. The molecule has 0 radical (unpaired) electrons. The summed E-state index contributed by atoms with van der Waals surface area (Å²) in [6, 6.07) is 3.11. The van der Waals surface area contributed by atoms with Crippen LogP contribution in [0.25, 0.3) is 0 Å². The summed E-state index contributed by atoms with van der Waals surface area (Å²) in [5.74, 6) is -3.01. The van der Waals surface area contributed by atoms with Crippen LogP contribution in [0.3, 0.4) is 0 Å². The van der Waals surface area contributed by atoms with Gasteiger partial charge in [-0.15, -0.1) is 0 Å². The lowest BCUT2D eigenvalue weighted by molar-refractivity contribution is -0.180. The zero-order valence-electron chi connectivity index (χ0n) is 20.1. The third-order valence-electron chi connectivity index (χ3n) is 8.22. The van der Waals surface area contributed by atoms with Gasteiger partial charge in [-0.25, -0.2) is 9.59 Å². The van der Waals surface area contributed by atoms with Crippen LogP contribution < -0.4 is 4.74 Å². The number of aliphatic hydroxyl groups excluding tert-OH is 2. The number of phenols is 1. The first-order valence-corrected chi connectivity index (χ1v) is 11.9. The Bertz CT molecular complexity index is 1180. The highest BCUT2D eigenvalue weighted by atomic mass is 16.6. The van der Waals surface area contributed by atoms with Crippen LogP contribution in [0.1, 0.15) is 37.8 Å². The van der Waals surface area contributed by atoms with Gasteiger partial charge in [0, 0.05) is 18.0 Å². The number of phenolic OH excluding ortho intramolecular Hbond substituents is 1. The largest absolute Gasteiger partial charge is 0.504 e. The number of nitrogens with zero attached hydrogens (tertiary/aromatic N) is 1. The molecule has 11 nitrogen and oxygen atoms in total. The number of ketones is 1. The van der Waals surface area contributed by atoms with E-state index in [-0.39, 0.29) is 29.7 Å². The van der Waals surface area contributed by atoms with E-state index in [1.807, 2.05) is 13.1 Å². The molecule has 0 unspecified atom stereocenters. The van der Waals surface area contributed by atoms with Gasteiger partial charge in [0.05, 0.1) is 11.0 Å². The molecule has 2 aliphatic heterocycles. The normalized spacial score (nSPS) is 32.3. The van der Waals surface area contributed by atoms with E-state index in [0.717, 1.165) is 5.56 Å². The van der Waals surface area contributed by atoms with Crippen LogP contribution in [-0.4, -0.2) is 92.7 Å². The summed E-state index contributed by atoms with van der Waals surface area (Å²) < 4.78 is 16.3. The molecule has 1 saturated heterocycles. The Balaban J connectivity index is 1.44. The topological polar surface area (TPSA) is 163 Å². The van der Waals surface area contributed by atoms with E-state index in [9.17, 15) is 34.8 Å². The van der Waals surface area contributed by atoms with Crippen molar-refractivity contribution in [2.24, 2.45) is 0 Å². The molecule has 2 aliphatic carbocycles. The molecule has 2 bridgehead atoms. The molecule has 4 aliphatic rings. The maximum absolute atomic E-state index is 12.7. The molecule has 1 aromatic rings. The van der Waals surface area contributed by atoms with E-state index in [0.29, 0.717) is 24.9 Å². The van der Waals surface area contributed by atoms with Gasteiger partial charge in [-0.2, -0.15) is 0 Å². The molecule has 1 spiro atoms. The summed E-state index contributed by atoms with van der Waals surface area (Å²) in [4.78, 5) is 38.2. The fourth-order valence-electron chi connectivity index (χ4n) is 6.20. The average molecular weight is 504 g/mol. The monoisotopic (exact) mass is 503 g/mol. The lowest BCUT2D eigenvalue weighted by atomic mass is 9.50. The highest BCUT2D eigenvalue weighted by molar-refractivity contribution is 5.88. The van der Waals surface area contributed by atoms with Crippen LogP contribution in [0.2, 0.25) is 0 Å². The number of aliphatic hydroxyl groups is 3. The van der Waals surface area contributed by atoms with E-state index < -0.39 is 53.2 Å². The van der Waals surface area contributed by atoms with E-state index in [2.05, 4.69) is 4.90 Å². The molecule has 11 heteroatoms. The van der Waals surface area contributed by atoms with E-state index in [4.69, 9.17) is 14.2 Å². The smallest absolute Gasteiger partial charge is 0.343 e. The number of carbonyl (C=O) groups excluding carboxylic acids is 3. The molecule has 7 atom stereocenters. The summed E-state index contributed by atoms with van der Waals surface area (Å²) in [5.41, 5.74) is -0.646. The zero-order valence-corrected chi connectivity index (χ0v) is 20.1. The van der Waals surface area contributed by atoms with Crippen molar-refractivity contribution >= 4 is 17.7 Å². The van der Waals surface area contributed by atoms with E-state index in [1.54, 1.807) is 0 Å². The number of benzene rings is 1. The Kier molecular flexibility index (Phi) is 5.67. The highest BCUT2D eigenvalue weighted by Crippen LogP contribution is 2.65. The molecule has 5 rings (SSSR count). The number of carbonyl (C=O) groups is 3. The molecule has 2 heterocycles. The third-order valence-corrected chi connectivity index (χ3v) is 8.22. The van der Waals surface area contributed by atoms with Crippen LogP contribution in [0.5, 0.6) is 11.5 Å². The van der Waals surface area contributed by atoms with Crippen LogP contribution in [0.15, 0.2) is 24.0 Å². The Morgan fingerprint density at radius 1 is 1.19 bits per heavy atom. The number of Topliss-reactive ketones (excluding diaryl/α,β-unsaturated/α-hetero) is 1. The number of piperidine rings is 1. The molecular formula is C25H29NO10. The predicted molar refractivity (Wildman–Crippen MR) is 121 cm³/mol. The van der Waals surface area contributed by atoms with Gasteiger partial charge in [0.1, 0.15) is 5.76 Å². The SMILES string of the molecule is CC(=O)[C@H](C)OC(=O)[C@H](O)[C@@H](O)C(=O)OC1=CC[C@@]2(O)[C@H]3Cc4ccc(O)c5c4[C@@]2(CCN3C)[C@H]1O5. The molecule has 4 N–H and O–H groups in total. The second kappa shape index (κ2) is 8.27. The summed E-state index contributed by atoms with van der Waals surface area (Å²) >= 11 is 0. The van der Waals surface area contributed by atoms with Crippen LogP contribution in [0, 0.1) is 0 Å². The number of likely N-dealkylation sites (N-methyl/N-ethyl adjacent to an activating group) is 1. The molecule has 1 aromatic carbocycles. The minimum Gasteiger partial charge on any atom is -0.504 e. The summed E-state index contributed by atoms with van der Waals surface area (Å²) in [6.45, 7) is 3.11. The predicted octanol–water partition coefficient (Wildman–Crippen LogP) is -0.544. The van der Waals surface area contributed by atoms with Crippen LogP contribution >= 0.6 is 0 Å². The molecule has 0 amide bonds. The van der Waals surface area contributed by atoms with Gasteiger partial charge in [0.25, 0.3) is 0 Å². The second-order valence-electron chi connectivity index (χ2n) is 10.1. The highest BCUT2D eigenvalue weighted by Gasteiger charge is 2.72. The minimum absolute atomic E-state index is 0.00755. The molecule has 36 heavy (non-hydrogen) atoms. The van der Waals surface area contributed by atoms with Gasteiger partial charge in [0.2, 0.25) is 0 Å². The molecule has 0 saturated carbocycles. The van der Waals surface area contributed by atoms with Gasteiger partial charge in [0.15, 0.2) is 41.7 Å². The first-order chi connectivity index (χ1) is 16.9. The fourth-order valence-corrected chi connectivity index (χ4v) is 6.20. The second-order valence-corrected chi connectivity index (χ2v) is 10.1. The number of ether oxygens (including phenoxy) is 3. The Morgan fingerprint density at radius 2 is 1.89 bits per heavy atom. The lowest BCUT2D eigenvalue weighted by Crippen LogP contribution is -2.74. The first kappa shape index (κ1) is 24.7. The van der Waals surface area contributed by atoms with E-state index in [1.165, 1.54) is 26.0 Å². The Hall–Kier alpha value is -2.99. The minimum atomic E-state index is -2.29. The summed E-state index contributed by atoms with van der Waals surface area (Å²) in [6.07, 6.45) is -4.07. The van der Waals surface area contributed by atoms with Crippen molar-refractivity contribution in [3.63, 3.8) is 0 Å². The average Bonchev–Trinajstić information content (AvgIpc) is 3.19.